The van der Waals surface area contributed by atoms with Gasteiger partial charge in [0.15, 0.2) is 12.7 Å². The highest BCUT2D eigenvalue weighted by molar-refractivity contribution is 6.31. The van der Waals surface area contributed by atoms with Crippen LogP contribution in [0.1, 0.15) is 20.8 Å². The van der Waals surface area contributed by atoms with Crippen molar-refractivity contribution in [1.82, 2.24) is 9.97 Å². The van der Waals surface area contributed by atoms with E-state index >= 15 is 0 Å². The molecule has 1 atom stereocenters. The van der Waals surface area contributed by atoms with Crippen LogP contribution in [0.2, 0.25) is 5.02 Å². The van der Waals surface area contributed by atoms with Crippen molar-refractivity contribution in [1.29, 1.82) is 0 Å². The first kappa shape index (κ1) is 22.3. The van der Waals surface area contributed by atoms with Crippen LogP contribution < -0.4 is 9.47 Å². The zero-order chi connectivity index (χ0) is 22.2. The first-order chi connectivity index (χ1) is 14.9. The SMILES string of the molecule is CC(C)=NOCCOC(=O)[C@@H](C)Oc1ccc(Oc2cnc3cc(Cl)ccc3n2)cc1. The fourth-order valence-electron chi connectivity index (χ4n) is 2.45. The molecule has 1 aromatic heterocycles. The lowest BCUT2D eigenvalue weighted by atomic mass is 10.3. The minimum absolute atomic E-state index is 0.0924. The number of aromatic nitrogens is 2. The lowest BCUT2D eigenvalue weighted by Crippen LogP contribution is -2.27. The molecule has 0 aliphatic carbocycles. The molecule has 0 fully saturated rings. The molecule has 0 saturated carbocycles. The maximum atomic E-state index is 12.0. The highest BCUT2D eigenvalue weighted by Crippen LogP contribution is 2.25. The summed E-state index contributed by atoms with van der Waals surface area (Å²) < 4.78 is 16.4. The summed E-state index contributed by atoms with van der Waals surface area (Å²) in [6.07, 6.45) is 0.749. The Labute approximate surface area is 184 Å². The highest BCUT2D eigenvalue weighted by Gasteiger charge is 2.16. The maximum absolute atomic E-state index is 12.0. The van der Waals surface area contributed by atoms with Crippen molar-refractivity contribution < 1.29 is 23.8 Å². The fourth-order valence-corrected chi connectivity index (χ4v) is 2.61. The lowest BCUT2D eigenvalue weighted by Gasteiger charge is -2.14. The predicted molar refractivity (Wildman–Crippen MR) is 117 cm³/mol. The van der Waals surface area contributed by atoms with E-state index in [2.05, 4.69) is 15.1 Å². The van der Waals surface area contributed by atoms with Gasteiger partial charge in [0.25, 0.3) is 0 Å². The Morgan fingerprint density at radius 3 is 2.55 bits per heavy atom. The van der Waals surface area contributed by atoms with E-state index in [1.165, 1.54) is 6.20 Å². The average molecular weight is 444 g/mol. The van der Waals surface area contributed by atoms with E-state index in [0.717, 1.165) is 5.71 Å². The molecule has 162 valence electrons. The molecule has 0 aliphatic rings. The largest absolute Gasteiger partial charge is 0.479 e. The fraction of sp³-hybridized carbons (Fsp3) is 0.273. The molecule has 0 aliphatic heterocycles. The third kappa shape index (κ3) is 6.82. The minimum atomic E-state index is -0.777. The zero-order valence-electron chi connectivity index (χ0n) is 17.4. The highest BCUT2D eigenvalue weighted by atomic mass is 35.5. The van der Waals surface area contributed by atoms with Gasteiger partial charge in [-0.15, -0.1) is 0 Å². The number of carbonyl (C=O) groups excluding carboxylic acids is 1. The molecule has 1 heterocycles. The van der Waals surface area contributed by atoms with Gasteiger partial charge in [-0.2, -0.15) is 0 Å². The van der Waals surface area contributed by atoms with E-state index in [1.807, 2.05) is 13.8 Å². The van der Waals surface area contributed by atoms with Gasteiger partial charge in [0.05, 0.1) is 22.9 Å². The lowest BCUT2D eigenvalue weighted by molar-refractivity contribution is -0.152. The van der Waals surface area contributed by atoms with Gasteiger partial charge in [0.1, 0.15) is 18.1 Å². The molecule has 0 spiro atoms. The third-order valence-electron chi connectivity index (χ3n) is 3.84. The van der Waals surface area contributed by atoms with Gasteiger partial charge in [0.2, 0.25) is 5.88 Å². The maximum Gasteiger partial charge on any atom is 0.347 e. The Morgan fingerprint density at radius 2 is 1.81 bits per heavy atom. The quantitative estimate of drug-likeness (QED) is 0.203. The molecule has 8 nitrogen and oxygen atoms in total. The summed E-state index contributed by atoms with van der Waals surface area (Å²) in [6, 6.07) is 12.1. The number of esters is 1. The Morgan fingerprint density at radius 1 is 1.06 bits per heavy atom. The van der Waals surface area contributed by atoms with Crippen LogP contribution in [0.15, 0.2) is 53.8 Å². The van der Waals surface area contributed by atoms with Crippen LogP contribution >= 0.6 is 11.6 Å². The number of ether oxygens (including phenoxy) is 3. The molecule has 0 saturated heterocycles. The summed E-state index contributed by atoms with van der Waals surface area (Å²) in [7, 11) is 0. The van der Waals surface area contributed by atoms with Crippen molar-refractivity contribution in [2.24, 2.45) is 5.16 Å². The van der Waals surface area contributed by atoms with Crippen molar-refractivity contribution in [3.05, 3.63) is 53.7 Å². The number of benzene rings is 2. The van der Waals surface area contributed by atoms with Crippen molar-refractivity contribution in [3.63, 3.8) is 0 Å². The number of nitrogens with zero attached hydrogens (tertiary/aromatic N) is 3. The molecule has 0 N–H and O–H groups in total. The number of fused-ring (bicyclic) bond motifs is 1. The Bertz CT molecular complexity index is 1070. The van der Waals surface area contributed by atoms with Crippen LogP contribution in [0.5, 0.6) is 17.4 Å². The number of carbonyl (C=O) groups is 1. The van der Waals surface area contributed by atoms with E-state index in [9.17, 15) is 4.79 Å². The first-order valence-corrected chi connectivity index (χ1v) is 9.95. The van der Waals surface area contributed by atoms with Crippen LogP contribution in [0.3, 0.4) is 0 Å². The van der Waals surface area contributed by atoms with Gasteiger partial charge in [0, 0.05) is 5.02 Å². The van der Waals surface area contributed by atoms with Gasteiger partial charge in [-0.05, 0) is 63.2 Å². The average Bonchev–Trinajstić information content (AvgIpc) is 2.74. The molecule has 0 radical (unpaired) electrons. The van der Waals surface area contributed by atoms with E-state index in [1.54, 1.807) is 49.4 Å². The summed E-state index contributed by atoms with van der Waals surface area (Å²) in [6.45, 7) is 5.50. The van der Waals surface area contributed by atoms with Crippen molar-refractivity contribution in [2.75, 3.05) is 13.2 Å². The summed E-state index contributed by atoms with van der Waals surface area (Å²) in [5.41, 5.74) is 2.15. The monoisotopic (exact) mass is 443 g/mol. The Kier molecular flexibility index (Phi) is 7.61. The molecule has 2 aromatic carbocycles. The van der Waals surface area contributed by atoms with Crippen molar-refractivity contribution >= 4 is 34.3 Å². The molecular formula is C22H22ClN3O5. The van der Waals surface area contributed by atoms with E-state index < -0.39 is 12.1 Å². The normalized spacial score (nSPS) is 11.5. The van der Waals surface area contributed by atoms with Crippen LogP contribution in [0, 0.1) is 0 Å². The number of halogens is 1. The number of hydrogen-bond donors (Lipinski definition) is 0. The smallest absolute Gasteiger partial charge is 0.347 e. The molecule has 31 heavy (non-hydrogen) atoms. The van der Waals surface area contributed by atoms with Crippen LogP contribution in [0.4, 0.5) is 0 Å². The van der Waals surface area contributed by atoms with Gasteiger partial charge in [-0.25, -0.2) is 14.8 Å². The van der Waals surface area contributed by atoms with Crippen LogP contribution in [0.25, 0.3) is 11.0 Å². The van der Waals surface area contributed by atoms with Gasteiger partial charge in [-0.3, -0.25) is 0 Å². The summed E-state index contributed by atoms with van der Waals surface area (Å²) >= 11 is 5.96. The summed E-state index contributed by atoms with van der Waals surface area (Å²) in [4.78, 5) is 25.7. The number of hydrogen-bond acceptors (Lipinski definition) is 8. The molecule has 0 bridgehead atoms. The standard InChI is InChI=1S/C22H22ClN3O5/c1-14(2)26-29-11-10-28-22(27)15(3)30-17-5-7-18(8-6-17)31-21-13-24-20-12-16(23)4-9-19(20)25-21/h4-9,12-13,15H,10-11H2,1-3H3/t15-/m1/s1. The molecule has 9 heteroatoms. The van der Waals surface area contributed by atoms with Crippen LogP contribution in [-0.4, -0.2) is 41.0 Å². The second-order valence-corrected chi connectivity index (χ2v) is 7.15. The van der Waals surface area contributed by atoms with Gasteiger partial charge < -0.3 is 19.0 Å². The zero-order valence-corrected chi connectivity index (χ0v) is 18.1. The third-order valence-corrected chi connectivity index (χ3v) is 4.07. The van der Waals surface area contributed by atoms with Crippen molar-refractivity contribution in [3.8, 4) is 17.4 Å². The number of rotatable bonds is 9. The van der Waals surface area contributed by atoms with Crippen molar-refractivity contribution in [2.45, 2.75) is 26.9 Å². The first-order valence-electron chi connectivity index (χ1n) is 9.57. The second kappa shape index (κ2) is 10.6. The second-order valence-electron chi connectivity index (χ2n) is 6.71. The molecule has 0 amide bonds. The molecule has 3 rings (SSSR count). The summed E-state index contributed by atoms with van der Waals surface area (Å²) in [5, 5.41) is 4.35. The van der Waals surface area contributed by atoms with E-state index in [0.29, 0.717) is 33.4 Å². The van der Waals surface area contributed by atoms with Gasteiger partial charge >= 0.3 is 5.97 Å². The molecule has 0 unspecified atom stereocenters. The Hall–Kier alpha value is -3.39. The minimum Gasteiger partial charge on any atom is -0.479 e. The Balaban J connectivity index is 1.51. The summed E-state index contributed by atoms with van der Waals surface area (Å²) in [5.74, 6) is 0.908. The number of oxime groups is 1. The van der Waals surface area contributed by atoms with E-state index in [-0.39, 0.29) is 13.2 Å². The predicted octanol–water partition coefficient (Wildman–Crippen LogP) is 4.80. The van der Waals surface area contributed by atoms with Crippen LogP contribution in [-0.2, 0) is 14.4 Å². The topological polar surface area (TPSA) is 92.1 Å². The van der Waals surface area contributed by atoms with Gasteiger partial charge in [-0.1, -0.05) is 16.8 Å². The van der Waals surface area contributed by atoms with E-state index in [4.69, 9.17) is 30.6 Å². The molecule has 3 aromatic rings. The molecular weight excluding hydrogens is 422 g/mol.